The van der Waals surface area contributed by atoms with E-state index >= 15 is 0 Å². The Bertz CT molecular complexity index is 1690. The van der Waals surface area contributed by atoms with E-state index < -0.39 is 23.2 Å². The highest BCUT2D eigenvalue weighted by Crippen LogP contribution is 2.57. The number of piperidine rings is 1. The third-order valence-corrected chi connectivity index (χ3v) is 9.14. The van der Waals surface area contributed by atoms with Crippen molar-refractivity contribution in [2.24, 2.45) is 5.92 Å². The van der Waals surface area contributed by atoms with Gasteiger partial charge < -0.3 is 20.2 Å². The van der Waals surface area contributed by atoms with Crippen LogP contribution in [0.1, 0.15) is 37.8 Å². The molecule has 0 atom stereocenters. The molecule has 2 amide bonds. The number of aromatic nitrogens is 2. The fraction of sp³-hybridized carbons (Fsp3) is 0.367. The van der Waals surface area contributed by atoms with Gasteiger partial charge >= 0.3 is 12.2 Å². The van der Waals surface area contributed by atoms with Gasteiger partial charge in [0.1, 0.15) is 21.2 Å². The van der Waals surface area contributed by atoms with Gasteiger partial charge in [-0.3, -0.25) is 5.32 Å². The van der Waals surface area contributed by atoms with Crippen LogP contribution in [0, 0.1) is 5.92 Å². The Labute approximate surface area is 255 Å². The number of phenols is 1. The summed E-state index contributed by atoms with van der Waals surface area (Å²) in [5, 5.41) is 17.2. The molecule has 0 bridgehead atoms. The molecule has 4 aromatic rings. The number of phenolic OH excluding ortho intramolecular Hbond substituents is 1. The van der Waals surface area contributed by atoms with Crippen LogP contribution in [0.4, 0.5) is 40.2 Å². The summed E-state index contributed by atoms with van der Waals surface area (Å²) in [7, 11) is 0. The predicted octanol–water partition coefficient (Wildman–Crippen LogP) is 7.85. The number of alkyl halides is 3. The normalized spacial score (nSPS) is 16.7. The van der Waals surface area contributed by atoms with Gasteiger partial charge in [0.15, 0.2) is 5.13 Å². The summed E-state index contributed by atoms with van der Waals surface area (Å²) in [6.07, 6.45) is -3.56. The number of para-hydroxylation sites is 2. The molecule has 4 heterocycles. The molecule has 2 aromatic heterocycles. The molecule has 2 aliphatic heterocycles. The van der Waals surface area contributed by atoms with Crippen LogP contribution in [-0.4, -0.2) is 52.2 Å². The number of amides is 2. The molecule has 0 saturated carbocycles. The summed E-state index contributed by atoms with van der Waals surface area (Å²) < 4.78 is 43.4. The number of anilines is 4. The number of hydrogen-bond donors (Lipinski definition) is 3. The minimum atomic E-state index is -4.59. The van der Waals surface area contributed by atoms with Crippen molar-refractivity contribution < 1.29 is 23.1 Å². The van der Waals surface area contributed by atoms with Gasteiger partial charge in [-0.2, -0.15) is 13.2 Å². The molecule has 3 N–H and O–H groups in total. The number of pyridine rings is 1. The second-order valence-electron chi connectivity index (χ2n) is 11.5. The van der Waals surface area contributed by atoms with Crippen LogP contribution in [-0.2, 0) is 11.6 Å². The average molecular weight is 631 g/mol. The van der Waals surface area contributed by atoms with E-state index in [2.05, 4.69) is 39.3 Å². The van der Waals surface area contributed by atoms with E-state index in [0.29, 0.717) is 63.9 Å². The number of nitrogens with zero attached hydrogens (tertiary/aromatic N) is 4. The summed E-state index contributed by atoms with van der Waals surface area (Å²) in [5.41, 5.74) is 0.149. The quantitative estimate of drug-likeness (QED) is 0.194. The summed E-state index contributed by atoms with van der Waals surface area (Å²) in [4.78, 5) is 26.2. The molecule has 0 aliphatic carbocycles. The molecule has 6 rings (SSSR count). The maximum absolute atomic E-state index is 14.5. The molecule has 0 radical (unpaired) electrons. The van der Waals surface area contributed by atoms with Crippen LogP contribution in [0.25, 0.3) is 10.3 Å². The standard InChI is InChI=1S/C30H30ClF3N6O2S/c1-17(2)15-39-13-11-29(12-14-39)16-40(25-22(41)9-7-18(24(25)29)30(32,33)34)21-6-4-3-5-19(21)35-27(42)38-28-36-20-8-10-23(31)37-26(20)43-28/h3-10,17,41H,11-16H2,1-2H3,(H2,35,36,38,42). The lowest BCUT2D eigenvalue weighted by Gasteiger charge is -2.41. The summed E-state index contributed by atoms with van der Waals surface area (Å²) in [6.45, 7) is 6.67. The van der Waals surface area contributed by atoms with Gasteiger partial charge in [0.25, 0.3) is 0 Å². The zero-order valence-electron chi connectivity index (χ0n) is 23.5. The van der Waals surface area contributed by atoms with Gasteiger partial charge in [-0.1, -0.05) is 48.9 Å². The highest BCUT2D eigenvalue weighted by molar-refractivity contribution is 7.22. The number of aromatic hydroxyl groups is 1. The SMILES string of the molecule is CC(C)CN1CCC2(CC1)CN(c1ccccc1NC(=O)Nc1nc3ccc(Cl)nc3s1)c1c(O)ccc(C(F)(F)F)c12. The number of nitrogens with one attached hydrogen (secondary N) is 2. The second kappa shape index (κ2) is 11.1. The Kier molecular flexibility index (Phi) is 7.64. The molecule has 8 nitrogen and oxygen atoms in total. The van der Waals surface area contributed by atoms with E-state index in [1.165, 1.54) is 0 Å². The summed E-state index contributed by atoms with van der Waals surface area (Å²) in [6, 6.07) is 11.7. The van der Waals surface area contributed by atoms with Gasteiger partial charge in [0.05, 0.1) is 22.6 Å². The Morgan fingerprint density at radius 2 is 1.84 bits per heavy atom. The lowest BCUT2D eigenvalue weighted by atomic mass is 9.72. The number of rotatable bonds is 5. The minimum absolute atomic E-state index is 0.129. The van der Waals surface area contributed by atoms with Crippen LogP contribution >= 0.6 is 22.9 Å². The van der Waals surface area contributed by atoms with Crippen molar-refractivity contribution in [2.75, 3.05) is 41.7 Å². The minimum Gasteiger partial charge on any atom is -0.506 e. The highest BCUT2D eigenvalue weighted by atomic mass is 35.5. The van der Waals surface area contributed by atoms with E-state index in [1.54, 1.807) is 41.3 Å². The first-order valence-electron chi connectivity index (χ1n) is 14.0. The van der Waals surface area contributed by atoms with Gasteiger partial charge in [0.2, 0.25) is 0 Å². The topological polar surface area (TPSA) is 93.6 Å². The molecule has 226 valence electrons. The first-order valence-corrected chi connectivity index (χ1v) is 15.2. The Hall–Kier alpha value is -3.61. The number of carbonyl (C=O) groups is 1. The van der Waals surface area contributed by atoms with Gasteiger partial charge in [-0.05, 0) is 73.8 Å². The number of fused-ring (bicyclic) bond motifs is 3. The maximum atomic E-state index is 14.5. The average Bonchev–Trinajstić information content (AvgIpc) is 3.48. The third kappa shape index (κ3) is 5.71. The molecule has 0 unspecified atom stereocenters. The zero-order chi connectivity index (χ0) is 30.5. The number of benzene rings is 2. The van der Waals surface area contributed by atoms with Crippen LogP contribution < -0.4 is 15.5 Å². The fourth-order valence-electron chi connectivity index (χ4n) is 6.29. The van der Waals surface area contributed by atoms with Crippen molar-refractivity contribution in [3.63, 3.8) is 0 Å². The molecule has 1 fully saturated rings. The second-order valence-corrected chi connectivity index (χ2v) is 12.9. The monoisotopic (exact) mass is 630 g/mol. The van der Waals surface area contributed by atoms with Crippen molar-refractivity contribution in [1.82, 2.24) is 14.9 Å². The molecule has 13 heteroatoms. The van der Waals surface area contributed by atoms with Crippen LogP contribution in [0.3, 0.4) is 0 Å². The van der Waals surface area contributed by atoms with Gasteiger partial charge in [-0.25, -0.2) is 14.8 Å². The van der Waals surface area contributed by atoms with E-state index in [0.717, 1.165) is 30.0 Å². The Balaban J connectivity index is 1.34. The van der Waals surface area contributed by atoms with E-state index in [9.17, 15) is 23.1 Å². The number of carbonyl (C=O) groups excluding carboxylic acids is 1. The summed E-state index contributed by atoms with van der Waals surface area (Å²) >= 11 is 7.13. The Morgan fingerprint density at radius 3 is 2.56 bits per heavy atom. The first-order chi connectivity index (χ1) is 20.4. The lowest BCUT2D eigenvalue weighted by molar-refractivity contribution is -0.138. The van der Waals surface area contributed by atoms with Crippen LogP contribution in [0.15, 0.2) is 48.5 Å². The van der Waals surface area contributed by atoms with Crippen molar-refractivity contribution in [1.29, 1.82) is 0 Å². The molecule has 1 saturated heterocycles. The van der Waals surface area contributed by atoms with Gasteiger partial charge in [-0.15, -0.1) is 0 Å². The number of halogens is 4. The van der Waals surface area contributed by atoms with E-state index in [1.807, 2.05) is 0 Å². The van der Waals surface area contributed by atoms with Crippen molar-refractivity contribution >= 4 is 61.5 Å². The number of hydrogen-bond acceptors (Lipinski definition) is 7. The third-order valence-electron chi connectivity index (χ3n) is 8.04. The van der Waals surface area contributed by atoms with Gasteiger partial charge in [0, 0.05) is 18.5 Å². The van der Waals surface area contributed by atoms with Crippen molar-refractivity contribution in [3.05, 3.63) is 64.8 Å². The predicted molar refractivity (Wildman–Crippen MR) is 164 cm³/mol. The zero-order valence-corrected chi connectivity index (χ0v) is 25.1. The molecule has 43 heavy (non-hydrogen) atoms. The van der Waals surface area contributed by atoms with Crippen molar-refractivity contribution in [3.8, 4) is 5.75 Å². The number of urea groups is 1. The lowest BCUT2D eigenvalue weighted by Crippen LogP contribution is -2.46. The highest BCUT2D eigenvalue weighted by Gasteiger charge is 2.51. The Morgan fingerprint density at radius 1 is 1.09 bits per heavy atom. The van der Waals surface area contributed by atoms with E-state index in [-0.39, 0.29) is 23.5 Å². The molecule has 2 aromatic carbocycles. The van der Waals surface area contributed by atoms with E-state index in [4.69, 9.17) is 11.6 Å². The number of likely N-dealkylation sites (tertiary alicyclic amines) is 1. The molecular weight excluding hydrogens is 601 g/mol. The number of thiazole rings is 1. The van der Waals surface area contributed by atoms with Crippen molar-refractivity contribution in [2.45, 2.75) is 38.3 Å². The molecular formula is C30H30ClF3N6O2S. The smallest absolute Gasteiger partial charge is 0.416 e. The molecule has 1 spiro atoms. The summed E-state index contributed by atoms with van der Waals surface area (Å²) in [5.74, 6) is 0.210. The molecule has 2 aliphatic rings. The van der Waals surface area contributed by atoms with Crippen LogP contribution in [0.5, 0.6) is 5.75 Å². The fourth-order valence-corrected chi connectivity index (χ4v) is 7.33. The van der Waals surface area contributed by atoms with Crippen LogP contribution in [0.2, 0.25) is 5.15 Å². The first kappa shape index (κ1) is 29.5. The maximum Gasteiger partial charge on any atom is 0.416 e. The largest absolute Gasteiger partial charge is 0.506 e.